The van der Waals surface area contributed by atoms with Crippen LogP contribution in [0.1, 0.15) is 52.0 Å². The summed E-state index contributed by atoms with van der Waals surface area (Å²) in [7, 11) is 0. The van der Waals surface area contributed by atoms with E-state index in [1.807, 2.05) is 6.92 Å². The van der Waals surface area contributed by atoms with E-state index in [4.69, 9.17) is 4.42 Å². The second-order valence-corrected chi connectivity index (χ2v) is 6.79. The maximum Gasteiger partial charge on any atom is 0.220 e. The fraction of sp³-hybridized carbons (Fsp3) is 0.500. The maximum atomic E-state index is 11.8. The fourth-order valence-corrected chi connectivity index (χ4v) is 2.51. The first-order valence-electron chi connectivity index (χ1n) is 8.81. The van der Waals surface area contributed by atoms with Crippen LogP contribution in [0.4, 0.5) is 0 Å². The molecular weight excluding hydrogens is 300 g/mol. The van der Waals surface area contributed by atoms with Gasteiger partial charge in [-0.2, -0.15) is 0 Å². The standard InChI is InChI=1S/C20H28N2O2/c1-5-15(4)22-19(23)10-11-20-21-13-18(24-20)17-8-6-16(7-9-17)12-14(2)3/h6-9,13-15H,5,10-12H2,1-4H3,(H,22,23). The highest BCUT2D eigenvalue weighted by atomic mass is 16.4. The van der Waals surface area contributed by atoms with Gasteiger partial charge in [-0.15, -0.1) is 0 Å². The van der Waals surface area contributed by atoms with Gasteiger partial charge < -0.3 is 9.73 Å². The summed E-state index contributed by atoms with van der Waals surface area (Å²) in [5, 5.41) is 2.95. The van der Waals surface area contributed by atoms with Gasteiger partial charge in [-0.25, -0.2) is 4.98 Å². The van der Waals surface area contributed by atoms with Crippen molar-refractivity contribution in [3.8, 4) is 11.3 Å². The van der Waals surface area contributed by atoms with Crippen molar-refractivity contribution >= 4 is 5.91 Å². The summed E-state index contributed by atoms with van der Waals surface area (Å²) in [5.74, 6) is 2.05. The second-order valence-electron chi connectivity index (χ2n) is 6.79. The molecule has 2 aromatic rings. The van der Waals surface area contributed by atoms with Gasteiger partial charge >= 0.3 is 0 Å². The summed E-state index contributed by atoms with van der Waals surface area (Å²) in [4.78, 5) is 16.1. The molecule has 24 heavy (non-hydrogen) atoms. The van der Waals surface area contributed by atoms with Crippen LogP contribution in [0.2, 0.25) is 0 Å². The summed E-state index contributed by atoms with van der Waals surface area (Å²) in [5.41, 5.74) is 2.35. The number of aromatic nitrogens is 1. The average molecular weight is 328 g/mol. The zero-order valence-electron chi connectivity index (χ0n) is 15.1. The fourth-order valence-electron chi connectivity index (χ4n) is 2.51. The Balaban J connectivity index is 1.91. The van der Waals surface area contributed by atoms with Gasteiger partial charge in [0.15, 0.2) is 11.7 Å². The molecule has 130 valence electrons. The summed E-state index contributed by atoms with van der Waals surface area (Å²) >= 11 is 0. The Kier molecular flexibility index (Phi) is 6.59. The van der Waals surface area contributed by atoms with Crippen LogP contribution in [-0.4, -0.2) is 16.9 Å². The minimum atomic E-state index is 0.0436. The SMILES string of the molecule is CCC(C)NC(=O)CCc1ncc(-c2ccc(CC(C)C)cc2)o1. The zero-order valence-corrected chi connectivity index (χ0v) is 15.1. The predicted molar refractivity (Wildman–Crippen MR) is 96.7 cm³/mol. The van der Waals surface area contributed by atoms with Crippen LogP contribution in [0.15, 0.2) is 34.9 Å². The van der Waals surface area contributed by atoms with E-state index in [-0.39, 0.29) is 11.9 Å². The monoisotopic (exact) mass is 328 g/mol. The van der Waals surface area contributed by atoms with Gasteiger partial charge in [-0.3, -0.25) is 4.79 Å². The lowest BCUT2D eigenvalue weighted by Gasteiger charge is -2.10. The van der Waals surface area contributed by atoms with Gasteiger partial charge in [0.2, 0.25) is 5.91 Å². The Hall–Kier alpha value is -2.10. The lowest BCUT2D eigenvalue weighted by Crippen LogP contribution is -2.32. The lowest BCUT2D eigenvalue weighted by molar-refractivity contribution is -0.121. The lowest BCUT2D eigenvalue weighted by atomic mass is 10.0. The average Bonchev–Trinajstić information content (AvgIpc) is 3.02. The largest absolute Gasteiger partial charge is 0.441 e. The Morgan fingerprint density at radius 2 is 1.92 bits per heavy atom. The maximum absolute atomic E-state index is 11.8. The molecule has 0 radical (unpaired) electrons. The van der Waals surface area contributed by atoms with Crippen LogP contribution in [0.3, 0.4) is 0 Å². The van der Waals surface area contributed by atoms with Crippen LogP contribution in [-0.2, 0) is 17.6 Å². The number of aryl methyl sites for hydroxylation is 1. The normalized spacial score (nSPS) is 12.4. The molecule has 0 spiro atoms. The van der Waals surface area contributed by atoms with Crippen molar-refractivity contribution in [2.24, 2.45) is 5.92 Å². The third-order valence-electron chi connectivity index (χ3n) is 4.02. The molecule has 0 saturated heterocycles. The first kappa shape index (κ1) is 18.2. The first-order valence-corrected chi connectivity index (χ1v) is 8.81. The number of carbonyl (C=O) groups is 1. The number of nitrogens with one attached hydrogen (secondary N) is 1. The molecule has 2 rings (SSSR count). The van der Waals surface area contributed by atoms with Gasteiger partial charge in [0.05, 0.1) is 6.20 Å². The summed E-state index contributed by atoms with van der Waals surface area (Å²) in [6.45, 7) is 8.49. The molecule has 1 aromatic heterocycles. The van der Waals surface area contributed by atoms with Crippen LogP contribution in [0.25, 0.3) is 11.3 Å². The molecule has 4 heteroatoms. The molecule has 0 aliphatic heterocycles. The summed E-state index contributed by atoms with van der Waals surface area (Å²) in [6.07, 6.45) is 4.67. The highest BCUT2D eigenvalue weighted by molar-refractivity contribution is 5.76. The second kappa shape index (κ2) is 8.67. The number of hydrogen-bond donors (Lipinski definition) is 1. The molecule has 1 heterocycles. The van der Waals surface area contributed by atoms with E-state index < -0.39 is 0 Å². The molecule has 1 N–H and O–H groups in total. The van der Waals surface area contributed by atoms with Gasteiger partial charge in [0.1, 0.15) is 0 Å². The number of oxazole rings is 1. The van der Waals surface area contributed by atoms with Crippen LogP contribution in [0, 0.1) is 5.92 Å². The smallest absolute Gasteiger partial charge is 0.220 e. The third kappa shape index (κ3) is 5.52. The van der Waals surface area contributed by atoms with E-state index in [0.717, 1.165) is 24.2 Å². The molecule has 0 saturated carbocycles. The number of amides is 1. The van der Waals surface area contributed by atoms with Crippen molar-refractivity contribution in [1.29, 1.82) is 0 Å². The van der Waals surface area contributed by atoms with E-state index in [1.54, 1.807) is 6.20 Å². The number of nitrogens with zero attached hydrogens (tertiary/aromatic N) is 1. The van der Waals surface area contributed by atoms with E-state index in [1.165, 1.54) is 5.56 Å². The molecule has 1 atom stereocenters. The van der Waals surface area contributed by atoms with Crippen LogP contribution in [0.5, 0.6) is 0 Å². The van der Waals surface area contributed by atoms with Gasteiger partial charge in [-0.05, 0) is 31.2 Å². The Morgan fingerprint density at radius 1 is 1.21 bits per heavy atom. The predicted octanol–water partition coefficient (Wildman–Crippen LogP) is 4.39. The molecule has 0 aliphatic carbocycles. The highest BCUT2D eigenvalue weighted by Gasteiger charge is 2.10. The minimum Gasteiger partial charge on any atom is -0.441 e. The molecule has 0 fully saturated rings. The van der Waals surface area contributed by atoms with E-state index in [2.05, 4.69) is 55.3 Å². The van der Waals surface area contributed by atoms with Crippen molar-refractivity contribution < 1.29 is 9.21 Å². The van der Waals surface area contributed by atoms with Gasteiger partial charge in [0, 0.05) is 24.4 Å². The molecule has 0 aliphatic rings. The molecular formula is C20H28N2O2. The van der Waals surface area contributed by atoms with Crippen molar-refractivity contribution in [2.45, 2.75) is 59.4 Å². The first-order chi connectivity index (χ1) is 11.5. The highest BCUT2D eigenvalue weighted by Crippen LogP contribution is 2.22. The van der Waals surface area contributed by atoms with E-state index >= 15 is 0 Å². The number of hydrogen-bond acceptors (Lipinski definition) is 3. The Labute approximate surface area is 144 Å². The van der Waals surface area contributed by atoms with Gasteiger partial charge in [0.25, 0.3) is 0 Å². The summed E-state index contributed by atoms with van der Waals surface area (Å²) in [6, 6.07) is 8.62. The molecule has 0 bridgehead atoms. The van der Waals surface area contributed by atoms with E-state index in [9.17, 15) is 4.79 Å². The zero-order chi connectivity index (χ0) is 17.5. The van der Waals surface area contributed by atoms with Crippen molar-refractivity contribution in [1.82, 2.24) is 10.3 Å². The Bertz CT molecular complexity index is 644. The summed E-state index contributed by atoms with van der Waals surface area (Å²) < 4.78 is 5.78. The van der Waals surface area contributed by atoms with Gasteiger partial charge in [-0.1, -0.05) is 45.0 Å². The number of benzene rings is 1. The van der Waals surface area contributed by atoms with Crippen LogP contribution >= 0.6 is 0 Å². The Morgan fingerprint density at radius 3 is 2.54 bits per heavy atom. The minimum absolute atomic E-state index is 0.0436. The molecule has 1 amide bonds. The quantitative estimate of drug-likeness (QED) is 0.782. The number of carbonyl (C=O) groups excluding carboxylic acids is 1. The molecule has 1 aromatic carbocycles. The van der Waals surface area contributed by atoms with Crippen LogP contribution < -0.4 is 5.32 Å². The third-order valence-corrected chi connectivity index (χ3v) is 4.02. The topological polar surface area (TPSA) is 55.1 Å². The van der Waals surface area contributed by atoms with Crippen molar-refractivity contribution in [3.63, 3.8) is 0 Å². The van der Waals surface area contributed by atoms with Crippen molar-refractivity contribution in [2.75, 3.05) is 0 Å². The molecule has 1 unspecified atom stereocenters. The van der Waals surface area contributed by atoms with Crippen molar-refractivity contribution in [3.05, 3.63) is 41.9 Å². The number of rotatable bonds is 8. The van der Waals surface area contributed by atoms with E-state index in [0.29, 0.717) is 24.7 Å². The molecule has 4 nitrogen and oxygen atoms in total.